The van der Waals surface area contributed by atoms with Crippen molar-refractivity contribution in [2.45, 2.75) is 18.2 Å². The summed E-state index contributed by atoms with van der Waals surface area (Å²) < 4.78 is 23.3. The maximum Gasteiger partial charge on any atom is 0.191 e. The van der Waals surface area contributed by atoms with Gasteiger partial charge in [-0.3, -0.25) is 0 Å². The summed E-state index contributed by atoms with van der Waals surface area (Å²) in [6, 6.07) is 8.49. The molecule has 0 heterocycles. The van der Waals surface area contributed by atoms with Crippen molar-refractivity contribution < 1.29 is 8.42 Å². The molecular formula is C10H15NO2S. The molecule has 0 saturated heterocycles. The highest BCUT2D eigenvalue weighted by Crippen LogP contribution is 2.08. The van der Waals surface area contributed by atoms with Crippen LogP contribution in [-0.2, 0) is 9.84 Å². The summed E-state index contributed by atoms with van der Waals surface area (Å²) in [7, 11) is -3.14. The first-order chi connectivity index (χ1) is 6.67. The van der Waals surface area contributed by atoms with Crippen LogP contribution in [-0.4, -0.2) is 20.8 Å². The summed E-state index contributed by atoms with van der Waals surface area (Å²) in [5, 5.41) is 2.89. The van der Waals surface area contributed by atoms with Crippen LogP contribution in [0.1, 0.15) is 13.3 Å². The second-order valence-electron chi connectivity index (χ2n) is 3.07. The van der Waals surface area contributed by atoms with Crippen LogP contribution in [0.2, 0.25) is 0 Å². The molecule has 0 aliphatic heterocycles. The maximum absolute atomic E-state index is 11.6. The fourth-order valence-corrected chi connectivity index (χ4v) is 2.25. The number of nitrogens with one attached hydrogen (secondary N) is 1. The summed E-state index contributed by atoms with van der Waals surface area (Å²) in [6.07, 6.45) is 0.935. The minimum Gasteiger partial charge on any atom is -0.303 e. The zero-order valence-electron chi connectivity index (χ0n) is 8.23. The zero-order valence-corrected chi connectivity index (χ0v) is 9.05. The van der Waals surface area contributed by atoms with Crippen LogP contribution in [0, 0.1) is 0 Å². The molecular weight excluding hydrogens is 198 g/mol. The fourth-order valence-electron chi connectivity index (χ4n) is 1.09. The van der Waals surface area contributed by atoms with Crippen molar-refractivity contribution in [3.05, 3.63) is 30.3 Å². The molecule has 14 heavy (non-hydrogen) atoms. The van der Waals surface area contributed by atoms with Crippen LogP contribution < -0.4 is 5.32 Å². The molecule has 1 N–H and O–H groups in total. The summed E-state index contributed by atoms with van der Waals surface area (Å²) in [6.45, 7) is 2.73. The van der Waals surface area contributed by atoms with Crippen molar-refractivity contribution in [3.8, 4) is 0 Å². The summed E-state index contributed by atoms with van der Waals surface area (Å²) in [5.41, 5.74) is 0. The molecule has 4 heteroatoms. The predicted molar refractivity (Wildman–Crippen MR) is 56.8 cm³/mol. The van der Waals surface area contributed by atoms with Gasteiger partial charge >= 0.3 is 0 Å². The lowest BCUT2D eigenvalue weighted by Crippen LogP contribution is -2.23. The summed E-state index contributed by atoms with van der Waals surface area (Å²) in [5.74, 6) is 0.0187. The first kappa shape index (κ1) is 11.2. The number of benzene rings is 1. The van der Waals surface area contributed by atoms with Gasteiger partial charge in [-0.05, 0) is 25.1 Å². The van der Waals surface area contributed by atoms with E-state index >= 15 is 0 Å². The van der Waals surface area contributed by atoms with Gasteiger partial charge in [-0.2, -0.15) is 0 Å². The Morgan fingerprint density at radius 1 is 1.21 bits per heavy atom. The second kappa shape index (κ2) is 5.12. The topological polar surface area (TPSA) is 46.2 Å². The van der Waals surface area contributed by atoms with Gasteiger partial charge in [0.15, 0.2) is 9.84 Å². The third kappa shape index (κ3) is 3.12. The number of sulfone groups is 1. The van der Waals surface area contributed by atoms with E-state index in [1.54, 1.807) is 30.3 Å². The van der Waals surface area contributed by atoms with Crippen LogP contribution in [0.25, 0.3) is 0 Å². The van der Waals surface area contributed by atoms with Crippen molar-refractivity contribution in [3.63, 3.8) is 0 Å². The van der Waals surface area contributed by atoms with Gasteiger partial charge < -0.3 is 5.32 Å². The van der Waals surface area contributed by atoms with Crippen LogP contribution in [0.4, 0.5) is 0 Å². The minimum absolute atomic E-state index is 0.0187. The fraction of sp³-hybridized carbons (Fsp3) is 0.400. The van der Waals surface area contributed by atoms with Crippen molar-refractivity contribution in [1.29, 1.82) is 0 Å². The van der Waals surface area contributed by atoms with Crippen molar-refractivity contribution >= 4 is 9.84 Å². The van der Waals surface area contributed by atoms with E-state index in [1.807, 2.05) is 6.92 Å². The molecule has 0 radical (unpaired) electrons. The largest absolute Gasteiger partial charge is 0.303 e. The smallest absolute Gasteiger partial charge is 0.191 e. The maximum atomic E-state index is 11.6. The van der Waals surface area contributed by atoms with Gasteiger partial charge in [-0.15, -0.1) is 0 Å². The normalized spacial score (nSPS) is 11.5. The molecule has 0 saturated carbocycles. The van der Waals surface area contributed by atoms with E-state index in [0.717, 1.165) is 13.0 Å². The highest BCUT2D eigenvalue weighted by Gasteiger charge is 2.11. The summed E-state index contributed by atoms with van der Waals surface area (Å²) in [4.78, 5) is 0.378. The number of hydrogen-bond acceptors (Lipinski definition) is 3. The molecule has 0 bridgehead atoms. The van der Waals surface area contributed by atoms with Crippen LogP contribution >= 0.6 is 0 Å². The predicted octanol–water partition coefficient (Wildman–Crippen LogP) is 1.42. The third-order valence-electron chi connectivity index (χ3n) is 1.82. The standard InChI is InChI=1S/C10H15NO2S/c1-2-8-11-9-14(12,13)10-6-4-3-5-7-10/h3-7,11H,2,8-9H2,1H3. The number of rotatable bonds is 5. The first-order valence-electron chi connectivity index (χ1n) is 4.65. The zero-order chi connectivity index (χ0) is 10.4. The van der Waals surface area contributed by atoms with Gasteiger partial charge in [0.25, 0.3) is 0 Å². The molecule has 78 valence electrons. The van der Waals surface area contributed by atoms with Gasteiger partial charge in [-0.25, -0.2) is 8.42 Å². The Labute approximate surface area is 85.1 Å². The highest BCUT2D eigenvalue weighted by atomic mass is 32.2. The Bertz CT molecular complexity index is 359. The molecule has 0 aromatic heterocycles. The van der Waals surface area contributed by atoms with E-state index in [9.17, 15) is 8.42 Å². The molecule has 3 nitrogen and oxygen atoms in total. The van der Waals surface area contributed by atoms with E-state index in [1.165, 1.54) is 0 Å². The van der Waals surface area contributed by atoms with Crippen LogP contribution in [0.5, 0.6) is 0 Å². The highest BCUT2D eigenvalue weighted by molar-refractivity contribution is 7.91. The number of hydrogen-bond donors (Lipinski definition) is 1. The SMILES string of the molecule is CCCNCS(=O)(=O)c1ccccc1. The molecule has 0 aliphatic carbocycles. The van der Waals surface area contributed by atoms with Crippen LogP contribution in [0.15, 0.2) is 35.2 Å². The third-order valence-corrected chi connectivity index (χ3v) is 3.40. The monoisotopic (exact) mass is 213 g/mol. The Hall–Kier alpha value is -0.870. The quantitative estimate of drug-likeness (QED) is 0.752. The Morgan fingerprint density at radius 2 is 1.86 bits per heavy atom. The summed E-state index contributed by atoms with van der Waals surface area (Å²) >= 11 is 0. The average molecular weight is 213 g/mol. The average Bonchev–Trinajstić information content (AvgIpc) is 2.19. The van der Waals surface area contributed by atoms with E-state index in [0.29, 0.717) is 4.90 Å². The lowest BCUT2D eigenvalue weighted by atomic mass is 10.4. The van der Waals surface area contributed by atoms with Gasteiger partial charge in [-0.1, -0.05) is 25.1 Å². The molecule has 0 atom stereocenters. The van der Waals surface area contributed by atoms with Crippen molar-refractivity contribution in [2.24, 2.45) is 0 Å². The van der Waals surface area contributed by atoms with Gasteiger partial charge in [0.2, 0.25) is 0 Å². The second-order valence-corrected chi connectivity index (χ2v) is 5.06. The van der Waals surface area contributed by atoms with Gasteiger partial charge in [0, 0.05) is 0 Å². The van der Waals surface area contributed by atoms with Gasteiger partial charge in [0.05, 0.1) is 4.90 Å². The van der Waals surface area contributed by atoms with Crippen LogP contribution in [0.3, 0.4) is 0 Å². The minimum atomic E-state index is -3.14. The molecule has 0 spiro atoms. The van der Waals surface area contributed by atoms with E-state index < -0.39 is 9.84 Å². The van der Waals surface area contributed by atoms with Crippen molar-refractivity contribution in [2.75, 3.05) is 12.4 Å². The molecule has 1 aromatic carbocycles. The lowest BCUT2D eigenvalue weighted by molar-refractivity contribution is 0.586. The molecule has 0 fully saturated rings. The van der Waals surface area contributed by atoms with Crippen molar-refractivity contribution in [1.82, 2.24) is 5.32 Å². The molecule has 0 amide bonds. The lowest BCUT2D eigenvalue weighted by Gasteiger charge is -2.04. The molecule has 1 aromatic rings. The van der Waals surface area contributed by atoms with E-state index in [-0.39, 0.29) is 5.88 Å². The van der Waals surface area contributed by atoms with E-state index in [4.69, 9.17) is 0 Å². The molecule has 0 unspecified atom stereocenters. The Kier molecular flexibility index (Phi) is 4.10. The molecule has 1 rings (SSSR count). The Morgan fingerprint density at radius 3 is 2.43 bits per heavy atom. The first-order valence-corrected chi connectivity index (χ1v) is 6.30. The van der Waals surface area contributed by atoms with E-state index in [2.05, 4.69) is 5.32 Å². The van der Waals surface area contributed by atoms with Gasteiger partial charge in [0.1, 0.15) is 5.88 Å². The molecule has 0 aliphatic rings. The Balaban J connectivity index is 2.67.